The maximum atomic E-state index is 3.37. The van der Waals surface area contributed by atoms with Gasteiger partial charge in [-0.3, -0.25) is 0 Å². The summed E-state index contributed by atoms with van der Waals surface area (Å²) >= 11 is 0. The van der Waals surface area contributed by atoms with Crippen LogP contribution in [0.4, 0.5) is 11.4 Å². The van der Waals surface area contributed by atoms with Gasteiger partial charge in [-0.1, -0.05) is 67.6 Å². The zero-order valence-corrected chi connectivity index (χ0v) is 14.2. The average Bonchev–Trinajstić information content (AvgIpc) is 2.67. The van der Waals surface area contributed by atoms with Crippen LogP contribution in [-0.2, 0) is 13.1 Å². The van der Waals surface area contributed by atoms with Crippen molar-refractivity contribution in [1.82, 2.24) is 5.32 Å². The van der Waals surface area contributed by atoms with Crippen LogP contribution >= 0.6 is 0 Å². The Kier molecular flexibility index (Phi) is 5.65. The Bertz CT molecular complexity index is 681. The molecular formula is C22H24N2. The molecule has 0 spiro atoms. The number of nitrogens with one attached hydrogen (secondary N) is 1. The standard InChI is InChI=1S/C22H24N2/c1-2-23-17-19-13-15-20(16-14-19)18-24(21-9-5-3-6-10-21)22-11-7-4-8-12-22/h3-16,23H,2,17-18H2,1H3. The highest BCUT2D eigenvalue weighted by Gasteiger charge is 2.09. The first-order chi connectivity index (χ1) is 11.9. The van der Waals surface area contributed by atoms with E-state index < -0.39 is 0 Å². The number of anilines is 2. The molecule has 0 amide bonds. The lowest BCUT2D eigenvalue weighted by atomic mass is 10.1. The Morgan fingerprint density at radius 1 is 0.667 bits per heavy atom. The topological polar surface area (TPSA) is 15.3 Å². The molecule has 0 heterocycles. The largest absolute Gasteiger partial charge is 0.337 e. The van der Waals surface area contributed by atoms with Gasteiger partial charge in [-0.15, -0.1) is 0 Å². The van der Waals surface area contributed by atoms with Crippen molar-refractivity contribution in [2.45, 2.75) is 20.0 Å². The molecule has 0 unspecified atom stereocenters. The molecule has 2 heteroatoms. The number of benzene rings is 3. The molecule has 0 atom stereocenters. The van der Waals surface area contributed by atoms with Crippen molar-refractivity contribution >= 4 is 11.4 Å². The quantitative estimate of drug-likeness (QED) is 0.649. The summed E-state index contributed by atoms with van der Waals surface area (Å²) in [6, 6.07) is 30.0. The van der Waals surface area contributed by atoms with Crippen LogP contribution in [0.15, 0.2) is 84.9 Å². The Morgan fingerprint density at radius 3 is 1.67 bits per heavy atom. The van der Waals surface area contributed by atoms with Crippen molar-refractivity contribution in [3.8, 4) is 0 Å². The molecule has 0 radical (unpaired) electrons. The smallest absolute Gasteiger partial charge is 0.0481 e. The van der Waals surface area contributed by atoms with E-state index in [2.05, 4.69) is 102 Å². The summed E-state index contributed by atoms with van der Waals surface area (Å²) in [5.41, 5.74) is 5.05. The Balaban J connectivity index is 1.82. The molecule has 0 saturated carbocycles. The zero-order chi connectivity index (χ0) is 16.6. The molecule has 0 fully saturated rings. The highest BCUT2D eigenvalue weighted by molar-refractivity contribution is 5.63. The number of hydrogen-bond acceptors (Lipinski definition) is 2. The van der Waals surface area contributed by atoms with E-state index in [0.717, 1.165) is 19.6 Å². The lowest BCUT2D eigenvalue weighted by Crippen LogP contribution is -2.16. The van der Waals surface area contributed by atoms with Crippen molar-refractivity contribution in [3.63, 3.8) is 0 Å². The van der Waals surface area contributed by atoms with Crippen molar-refractivity contribution < 1.29 is 0 Å². The molecule has 3 aromatic carbocycles. The number of para-hydroxylation sites is 2. The Labute approximate surface area is 144 Å². The van der Waals surface area contributed by atoms with Crippen LogP contribution in [0.25, 0.3) is 0 Å². The lowest BCUT2D eigenvalue weighted by Gasteiger charge is -2.25. The minimum Gasteiger partial charge on any atom is -0.337 e. The van der Waals surface area contributed by atoms with Crippen LogP contribution in [-0.4, -0.2) is 6.54 Å². The fraction of sp³-hybridized carbons (Fsp3) is 0.182. The number of rotatable bonds is 7. The highest BCUT2D eigenvalue weighted by Crippen LogP contribution is 2.27. The fourth-order valence-electron chi connectivity index (χ4n) is 2.76. The molecule has 0 saturated heterocycles. The average molecular weight is 316 g/mol. The van der Waals surface area contributed by atoms with Gasteiger partial charge in [0.15, 0.2) is 0 Å². The molecule has 0 aliphatic heterocycles. The molecule has 1 N–H and O–H groups in total. The fourth-order valence-corrected chi connectivity index (χ4v) is 2.76. The Hall–Kier alpha value is -2.58. The first-order valence-corrected chi connectivity index (χ1v) is 8.53. The van der Waals surface area contributed by atoms with E-state index in [0.29, 0.717) is 0 Å². The predicted octanol–water partition coefficient (Wildman–Crippen LogP) is 5.13. The lowest BCUT2D eigenvalue weighted by molar-refractivity contribution is 0.726. The monoisotopic (exact) mass is 316 g/mol. The minimum atomic E-state index is 0.857. The van der Waals surface area contributed by atoms with Gasteiger partial charge in [-0.2, -0.15) is 0 Å². The van der Waals surface area contributed by atoms with Gasteiger partial charge in [0.2, 0.25) is 0 Å². The maximum absolute atomic E-state index is 3.37. The molecule has 3 aromatic rings. The minimum absolute atomic E-state index is 0.857. The molecule has 0 aliphatic rings. The van der Waals surface area contributed by atoms with E-state index in [1.54, 1.807) is 0 Å². The third-order valence-corrected chi connectivity index (χ3v) is 4.08. The van der Waals surface area contributed by atoms with Crippen LogP contribution in [0.1, 0.15) is 18.1 Å². The van der Waals surface area contributed by atoms with Gasteiger partial charge in [0.25, 0.3) is 0 Å². The molecule has 0 aliphatic carbocycles. The molecule has 3 rings (SSSR count). The molecule has 122 valence electrons. The molecule has 0 aromatic heterocycles. The number of nitrogens with zero attached hydrogens (tertiary/aromatic N) is 1. The predicted molar refractivity (Wildman–Crippen MR) is 103 cm³/mol. The van der Waals surface area contributed by atoms with E-state index in [4.69, 9.17) is 0 Å². The van der Waals surface area contributed by atoms with Crippen molar-refractivity contribution in [3.05, 3.63) is 96.1 Å². The highest BCUT2D eigenvalue weighted by atomic mass is 15.1. The van der Waals surface area contributed by atoms with Crippen LogP contribution in [0.2, 0.25) is 0 Å². The van der Waals surface area contributed by atoms with Crippen LogP contribution in [0.5, 0.6) is 0 Å². The van der Waals surface area contributed by atoms with Gasteiger partial charge in [-0.25, -0.2) is 0 Å². The first-order valence-electron chi connectivity index (χ1n) is 8.53. The summed E-state index contributed by atoms with van der Waals surface area (Å²) in [4.78, 5) is 2.35. The van der Waals surface area contributed by atoms with E-state index >= 15 is 0 Å². The molecule has 24 heavy (non-hydrogen) atoms. The van der Waals surface area contributed by atoms with Crippen molar-refractivity contribution in [2.75, 3.05) is 11.4 Å². The van der Waals surface area contributed by atoms with Gasteiger partial charge in [0.05, 0.1) is 0 Å². The third-order valence-electron chi connectivity index (χ3n) is 4.08. The van der Waals surface area contributed by atoms with Gasteiger partial charge in [-0.05, 0) is 41.9 Å². The summed E-state index contributed by atoms with van der Waals surface area (Å²) in [5.74, 6) is 0. The normalized spacial score (nSPS) is 10.5. The number of hydrogen-bond donors (Lipinski definition) is 1. The molecular weight excluding hydrogens is 292 g/mol. The summed E-state index contributed by atoms with van der Waals surface area (Å²) in [7, 11) is 0. The zero-order valence-electron chi connectivity index (χ0n) is 14.2. The van der Waals surface area contributed by atoms with E-state index in [1.165, 1.54) is 22.5 Å². The van der Waals surface area contributed by atoms with E-state index in [-0.39, 0.29) is 0 Å². The summed E-state index contributed by atoms with van der Waals surface area (Å²) in [6.07, 6.45) is 0. The Morgan fingerprint density at radius 2 is 1.17 bits per heavy atom. The second kappa shape index (κ2) is 8.32. The van der Waals surface area contributed by atoms with Crippen LogP contribution < -0.4 is 10.2 Å². The summed E-state index contributed by atoms with van der Waals surface area (Å²) in [5, 5.41) is 3.37. The first kappa shape index (κ1) is 16.3. The third kappa shape index (κ3) is 4.24. The van der Waals surface area contributed by atoms with Gasteiger partial charge in [0.1, 0.15) is 0 Å². The second-order valence-electron chi connectivity index (χ2n) is 5.85. The summed E-state index contributed by atoms with van der Waals surface area (Å²) < 4.78 is 0. The molecule has 0 bridgehead atoms. The SMILES string of the molecule is CCNCc1ccc(CN(c2ccccc2)c2ccccc2)cc1. The van der Waals surface area contributed by atoms with Gasteiger partial charge < -0.3 is 10.2 Å². The van der Waals surface area contributed by atoms with Crippen LogP contribution in [0.3, 0.4) is 0 Å². The second-order valence-corrected chi connectivity index (χ2v) is 5.85. The van der Waals surface area contributed by atoms with Crippen molar-refractivity contribution in [1.29, 1.82) is 0 Å². The summed E-state index contributed by atoms with van der Waals surface area (Å²) in [6.45, 7) is 4.91. The van der Waals surface area contributed by atoms with Gasteiger partial charge in [0, 0.05) is 24.5 Å². The van der Waals surface area contributed by atoms with Crippen LogP contribution in [0, 0.1) is 0 Å². The van der Waals surface area contributed by atoms with E-state index in [9.17, 15) is 0 Å². The molecule has 2 nitrogen and oxygen atoms in total. The maximum Gasteiger partial charge on any atom is 0.0481 e. The van der Waals surface area contributed by atoms with Crippen molar-refractivity contribution in [2.24, 2.45) is 0 Å². The van der Waals surface area contributed by atoms with Gasteiger partial charge >= 0.3 is 0 Å². The van der Waals surface area contributed by atoms with E-state index in [1.807, 2.05) is 0 Å².